The van der Waals surface area contributed by atoms with Gasteiger partial charge >= 0.3 is 0 Å². The lowest BCUT2D eigenvalue weighted by Gasteiger charge is -2.14. The summed E-state index contributed by atoms with van der Waals surface area (Å²) in [5.41, 5.74) is 2.39. The van der Waals surface area contributed by atoms with Gasteiger partial charge in [-0.1, -0.05) is 0 Å². The number of rotatable bonds is 0. The molecular weight excluding hydrogens is 232 g/mol. The van der Waals surface area contributed by atoms with Crippen LogP contribution in [0.1, 0.15) is 5.82 Å². The second-order valence-electron chi connectivity index (χ2n) is 4.32. The summed E-state index contributed by atoms with van der Waals surface area (Å²) in [5.74, 6) is 0.906. The first-order valence-corrected chi connectivity index (χ1v) is 5.77. The van der Waals surface area contributed by atoms with Crippen LogP contribution in [0, 0.1) is 0 Å². The summed E-state index contributed by atoms with van der Waals surface area (Å²) in [6.07, 6.45) is 1.42. The van der Waals surface area contributed by atoms with Gasteiger partial charge in [0.2, 0.25) is 0 Å². The minimum Gasteiger partial charge on any atom is -0.372 e. The lowest BCUT2D eigenvalue weighted by atomic mass is 10.2. The average Bonchev–Trinajstić information content (AvgIpc) is 2.75. The maximum atomic E-state index is 11.7. The topological polar surface area (TPSA) is 72.8 Å². The van der Waals surface area contributed by atoms with Gasteiger partial charge in [0.25, 0.3) is 5.56 Å². The molecule has 4 rings (SSSR count). The molecule has 2 aromatic heterocycles. The third kappa shape index (κ3) is 1.23. The molecular formula is C12H10N4O2. The van der Waals surface area contributed by atoms with Crippen molar-refractivity contribution in [2.75, 3.05) is 6.61 Å². The first kappa shape index (κ1) is 9.78. The molecule has 6 nitrogen and oxygen atoms in total. The number of aromatic amines is 1. The molecule has 0 radical (unpaired) electrons. The number of hydrogen-bond donors (Lipinski definition) is 1. The lowest BCUT2D eigenvalue weighted by Crippen LogP contribution is -2.16. The van der Waals surface area contributed by atoms with Crippen molar-refractivity contribution in [1.29, 1.82) is 0 Å². The highest BCUT2D eigenvalue weighted by atomic mass is 16.5. The number of nitrogens with zero attached hydrogens (tertiary/aromatic N) is 3. The van der Waals surface area contributed by atoms with Gasteiger partial charge in [-0.2, -0.15) is 0 Å². The van der Waals surface area contributed by atoms with E-state index in [1.165, 1.54) is 6.33 Å². The summed E-state index contributed by atoms with van der Waals surface area (Å²) in [4.78, 5) is 23.0. The Hall–Kier alpha value is -2.21. The van der Waals surface area contributed by atoms with E-state index in [-0.39, 0.29) is 5.56 Å². The third-order valence-electron chi connectivity index (χ3n) is 3.28. The fraction of sp³-hybridized carbons (Fsp3) is 0.250. The van der Waals surface area contributed by atoms with E-state index in [0.717, 1.165) is 23.4 Å². The van der Waals surface area contributed by atoms with E-state index in [0.29, 0.717) is 24.1 Å². The van der Waals surface area contributed by atoms with Gasteiger partial charge < -0.3 is 14.3 Å². The van der Waals surface area contributed by atoms with Crippen molar-refractivity contribution in [3.05, 3.63) is 34.6 Å². The molecule has 0 fully saturated rings. The standard InChI is InChI=1S/C12H10N4O2/c17-12-7-3-9-10(4-8(7)13-6-14-12)16-1-2-18-5-11(16)15-9/h3-4,6H,1-2,5H2,(H,13,14,17). The Labute approximate surface area is 101 Å². The van der Waals surface area contributed by atoms with Crippen molar-refractivity contribution in [1.82, 2.24) is 19.5 Å². The van der Waals surface area contributed by atoms with E-state index in [1.54, 1.807) is 6.07 Å². The Bertz CT molecular complexity index is 818. The van der Waals surface area contributed by atoms with Crippen molar-refractivity contribution >= 4 is 21.9 Å². The molecule has 1 aliphatic rings. The predicted octanol–water partition coefficient (Wildman–Crippen LogP) is 0.803. The predicted molar refractivity (Wildman–Crippen MR) is 65.3 cm³/mol. The molecule has 0 unspecified atom stereocenters. The molecule has 1 aliphatic heterocycles. The maximum Gasteiger partial charge on any atom is 0.258 e. The number of hydrogen-bond acceptors (Lipinski definition) is 4. The van der Waals surface area contributed by atoms with Crippen molar-refractivity contribution in [2.24, 2.45) is 0 Å². The molecule has 1 aromatic carbocycles. The molecule has 0 amide bonds. The van der Waals surface area contributed by atoms with Crippen LogP contribution in [0.25, 0.3) is 21.9 Å². The minimum absolute atomic E-state index is 0.135. The highest BCUT2D eigenvalue weighted by Gasteiger charge is 2.16. The van der Waals surface area contributed by atoms with Crippen LogP contribution >= 0.6 is 0 Å². The van der Waals surface area contributed by atoms with Gasteiger partial charge in [0, 0.05) is 6.54 Å². The molecule has 90 valence electrons. The van der Waals surface area contributed by atoms with E-state index in [2.05, 4.69) is 19.5 Å². The molecule has 3 aromatic rings. The summed E-state index contributed by atoms with van der Waals surface area (Å²) in [7, 11) is 0. The van der Waals surface area contributed by atoms with E-state index in [4.69, 9.17) is 4.74 Å². The Kier molecular flexibility index (Phi) is 1.84. The SMILES string of the molecule is O=c1[nH]cnc2cc3c(cc12)nc1n3CCOC1. The van der Waals surface area contributed by atoms with Crippen molar-refractivity contribution in [2.45, 2.75) is 13.2 Å². The largest absolute Gasteiger partial charge is 0.372 e. The van der Waals surface area contributed by atoms with E-state index < -0.39 is 0 Å². The molecule has 0 bridgehead atoms. The maximum absolute atomic E-state index is 11.7. The summed E-state index contributed by atoms with van der Waals surface area (Å²) in [6, 6.07) is 3.71. The van der Waals surface area contributed by atoms with Crippen LogP contribution in [-0.4, -0.2) is 26.1 Å². The van der Waals surface area contributed by atoms with Gasteiger partial charge in [0.1, 0.15) is 12.4 Å². The van der Waals surface area contributed by atoms with Crippen LogP contribution in [-0.2, 0) is 17.9 Å². The summed E-state index contributed by atoms with van der Waals surface area (Å²) >= 11 is 0. The van der Waals surface area contributed by atoms with Gasteiger partial charge in [0.05, 0.1) is 34.9 Å². The normalized spacial score (nSPS) is 15.1. The van der Waals surface area contributed by atoms with E-state index >= 15 is 0 Å². The Balaban J connectivity index is 2.15. The zero-order chi connectivity index (χ0) is 12.1. The zero-order valence-electron chi connectivity index (χ0n) is 9.51. The van der Waals surface area contributed by atoms with Crippen molar-refractivity contribution < 1.29 is 4.74 Å². The lowest BCUT2D eigenvalue weighted by molar-refractivity contribution is 0.0830. The minimum atomic E-state index is -0.135. The Morgan fingerprint density at radius 1 is 1.33 bits per heavy atom. The van der Waals surface area contributed by atoms with Gasteiger partial charge in [-0.05, 0) is 12.1 Å². The Morgan fingerprint density at radius 3 is 3.22 bits per heavy atom. The molecule has 0 saturated carbocycles. The van der Waals surface area contributed by atoms with E-state index in [1.807, 2.05) is 6.07 Å². The molecule has 0 aliphatic carbocycles. The zero-order valence-corrected chi connectivity index (χ0v) is 9.51. The number of fused-ring (bicyclic) bond motifs is 4. The number of imidazole rings is 1. The van der Waals surface area contributed by atoms with E-state index in [9.17, 15) is 4.79 Å². The average molecular weight is 242 g/mol. The molecule has 3 heterocycles. The van der Waals surface area contributed by atoms with Gasteiger partial charge in [-0.15, -0.1) is 0 Å². The molecule has 0 atom stereocenters. The number of aromatic nitrogens is 4. The monoisotopic (exact) mass is 242 g/mol. The molecule has 6 heteroatoms. The number of ether oxygens (including phenoxy) is 1. The van der Waals surface area contributed by atoms with Gasteiger partial charge in [-0.25, -0.2) is 9.97 Å². The second kappa shape index (κ2) is 3.39. The summed E-state index contributed by atoms with van der Waals surface area (Å²) < 4.78 is 7.51. The van der Waals surface area contributed by atoms with Crippen LogP contribution in [0.2, 0.25) is 0 Å². The van der Waals surface area contributed by atoms with Crippen LogP contribution in [0.15, 0.2) is 23.3 Å². The smallest absolute Gasteiger partial charge is 0.258 e. The number of H-pyrrole nitrogens is 1. The first-order valence-electron chi connectivity index (χ1n) is 5.77. The molecule has 1 N–H and O–H groups in total. The van der Waals surface area contributed by atoms with Crippen molar-refractivity contribution in [3.8, 4) is 0 Å². The highest BCUT2D eigenvalue weighted by Crippen LogP contribution is 2.22. The second-order valence-corrected chi connectivity index (χ2v) is 4.32. The van der Waals surface area contributed by atoms with Gasteiger partial charge in [-0.3, -0.25) is 4.79 Å². The number of nitrogens with one attached hydrogen (secondary N) is 1. The van der Waals surface area contributed by atoms with Crippen LogP contribution in [0.4, 0.5) is 0 Å². The summed E-state index contributed by atoms with van der Waals surface area (Å²) in [6.45, 7) is 2.01. The quantitative estimate of drug-likeness (QED) is 0.633. The van der Waals surface area contributed by atoms with Crippen LogP contribution < -0.4 is 5.56 Å². The fourth-order valence-electron chi connectivity index (χ4n) is 2.42. The molecule has 18 heavy (non-hydrogen) atoms. The van der Waals surface area contributed by atoms with Crippen molar-refractivity contribution in [3.63, 3.8) is 0 Å². The first-order chi connectivity index (χ1) is 8.83. The molecule has 0 saturated heterocycles. The molecule has 0 spiro atoms. The highest BCUT2D eigenvalue weighted by molar-refractivity contribution is 5.92. The Morgan fingerprint density at radius 2 is 2.28 bits per heavy atom. The van der Waals surface area contributed by atoms with Crippen LogP contribution in [0.3, 0.4) is 0 Å². The third-order valence-corrected chi connectivity index (χ3v) is 3.28. The summed E-state index contributed by atoms with van der Waals surface area (Å²) in [5, 5.41) is 0.571. The van der Waals surface area contributed by atoms with Gasteiger partial charge in [0.15, 0.2) is 0 Å². The number of benzene rings is 1. The fourth-order valence-corrected chi connectivity index (χ4v) is 2.42. The van der Waals surface area contributed by atoms with Crippen LogP contribution in [0.5, 0.6) is 0 Å².